The first-order chi connectivity index (χ1) is 6.20. The van der Waals surface area contributed by atoms with Gasteiger partial charge in [0.15, 0.2) is 0 Å². The third kappa shape index (κ3) is 8.72. The van der Waals surface area contributed by atoms with E-state index in [4.69, 9.17) is 0 Å². The largest absolute Gasteiger partial charge is 0.308 e. The van der Waals surface area contributed by atoms with Crippen LogP contribution in [0, 0.1) is 0 Å². The van der Waals surface area contributed by atoms with Gasteiger partial charge in [-0.1, -0.05) is 22.9 Å². The Bertz CT molecular complexity index is 107. The van der Waals surface area contributed by atoms with Crippen LogP contribution in [0.15, 0.2) is 0 Å². The highest BCUT2D eigenvalue weighted by atomic mass is 79.9. The molecule has 0 unspecified atom stereocenters. The van der Waals surface area contributed by atoms with E-state index >= 15 is 0 Å². The average Bonchev–Trinajstić information content (AvgIpc) is 2.09. The minimum atomic E-state index is 1.12. The summed E-state index contributed by atoms with van der Waals surface area (Å²) >= 11 is 3.47. The molecule has 0 fully saturated rings. The van der Waals surface area contributed by atoms with Gasteiger partial charge in [-0.15, -0.1) is 0 Å². The van der Waals surface area contributed by atoms with Crippen molar-refractivity contribution >= 4 is 15.9 Å². The summed E-state index contributed by atoms with van der Waals surface area (Å²) < 4.78 is 0. The third-order valence-corrected chi connectivity index (χ3v) is 2.57. The second kappa shape index (κ2) is 8.97. The number of hydrogen-bond acceptors (Lipinski definition) is 2. The molecule has 0 bridgehead atoms. The van der Waals surface area contributed by atoms with Gasteiger partial charge in [-0.3, -0.25) is 0 Å². The molecule has 0 saturated carbocycles. The second-order valence-electron chi connectivity index (χ2n) is 3.69. The molecule has 0 heterocycles. The first kappa shape index (κ1) is 13.4. The van der Waals surface area contributed by atoms with E-state index < -0.39 is 0 Å². The molecule has 0 aromatic heterocycles. The van der Waals surface area contributed by atoms with Gasteiger partial charge < -0.3 is 9.80 Å². The molecule has 0 aromatic rings. The minimum Gasteiger partial charge on any atom is -0.308 e. The smallest absolute Gasteiger partial charge is 0.0109 e. The molecule has 13 heavy (non-hydrogen) atoms. The molecule has 0 aliphatic heterocycles. The zero-order valence-electron chi connectivity index (χ0n) is 9.22. The quantitative estimate of drug-likeness (QED) is 0.609. The van der Waals surface area contributed by atoms with E-state index in [0.717, 1.165) is 5.33 Å². The fourth-order valence-corrected chi connectivity index (χ4v) is 1.53. The first-order valence-electron chi connectivity index (χ1n) is 5.13. The van der Waals surface area contributed by atoms with Crippen LogP contribution in [0.4, 0.5) is 0 Å². The zero-order valence-corrected chi connectivity index (χ0v) is 10.8. The Labute approximate surface area is 91.4 Å². The lowest BCUT2D eigenvalue weighted by atomic mass is 10.3. The molecule has 80 valence electrons. The van der Waals surface area contributed by atoms with Crippen LogP contribution < -0.4 is 0 Å². The standard InChI is InChI=1S/C10H23BrN2/c1-4-7-13(8-5-6-11)10-9-12(2)3/h4-10H2,1-3H3. The molecule has 2 nitrogen and oxygen atoms in total. The summed E-state index contributed by atoms with van der Waals surface area (Å²) in [7, 11) is 4.27. The van der Waals surface area contributed by atoms with Crippen LogP contribution in [0.5, 0.6) is 0 Å². The topological polar surface area (TPSA) is 6.48 Å². The van der Waals surface area contributed by atoms with Gasteiger partial charge in [-0.25, -0.2) is 0 Å². The maximum Gasteiger partial charge on any atom is 0.0109 e. The molecular formula is C10H23BrN2. The van der Waals surface area contributed by atoms with Crippen molar-refractivity contribution in [3.8, 4) is 0 Å². The molecule has 0 aliphatic rings. The highest BCUT2D eigenvalue weighted by Gasteiger charge is 2.02. The molecule has 0 radical (unpaired) electrons. The normalized spacial score (nSPS) is 11.5. The van der Waals surface area contributed by atoms with Crippen LogP contribution in [0.2, 0.25) is 0 Å². The summed E-state index contributed by atoms with van der Waals surface area (Å²) in [5.41, 5.74) is 0. The fourth-order valence-electron chi connectivity index (χ4n) is 1.28. The predicted molar refractivity (Wildman–Crippen MR) is 63.7 cm³/mol. The molecular weight excluding hydrogens is 228 g/mol. The van der Waals surface area contributed by atoms with Crippen molar-refractivity contribution in [1.82, 2.24) is 9.80 Å². The van der Waals surface area contributed by atoms with Crippen molar-refractivity contribution in [2.45, 2.75) is 19.8 Å². The number of alkyl halides is 1. The molecule has 0 atom stereocenters. The maximum absolute atomic E-state index is 3.47. The summed E-state index contributed by atoms with van der Waals surface area (Å²) in [5.74, 6) is 0. The van der Waals surface area contributed by atoms with Gasteiger partial charge in [0.25, 0.3) is 0 Å². The van der Waals surface area contributed by atoms with Crippen molar-refractivity contribution in [3.05, 3.63) is 0 Å². The zero-order chi connectivity index (χ0) is 10.1. The summed E-state index contributed by atoms with van der Waals surface area (Å²) in [5, 5.41) is 1.12. The number of nitrogens with zero attached hydrogens (tertiary/aromatic N) is 2. The lowest BCUT2D eigenvalue weighted by Gasteiger charge is -2.23. The van der Waals surface area contributed by atoms with Gasteiger partial charge in [-0.05, 0) is 40.0 Å². The van der Waals surface area contributed by atoms with Crippen molar-refractivity contribution in [1.29, 1.82) is 0 Å². The average molecular weight is 251 g/mol. The van der Waals surface area contributed by atoms with Gasteiger partial charge in [0.2, 0.25) is 0 Å². The predicted octanol–water partition coefficient (Wildman–Crippen LogP) is 2.04. The third-order valence-electron chi connectivity index (χ3n) is 2.01. The molecule has 0 saturated heterocycles. The Morgan fingerprint density at radius 1 is 1.00 bits per heavy atom. The van der Waals surface area contributed by atoms with Crippen LogP contribution in [0.1, 0.15) is 19.8 Å². The van der Waals surface area contributed by atoms with Gasteiger partial charge >= 0.3 is 0 Å². The lowest BCUT2D eigenvalue weighted by molar-refractivity contribution is 0.242. The molecule has 0 spiro atoms. The van der Waals surface area contributed by atoms with Crippen LogP contribution in [0.25, 0.3) is 0 Å². The molecule has 0 rings (SSSR count). The molecule has 0 N–H and O–H groups in total. The van der Waals surface area contributed by atoms with Crippen molar-refractivity contribution in [2.24, 2.45) is 0 Å². The summed E-state index contributed by atoms with van der Waals surface area (Å²) in [6.07, 6.45) is 2.52. The Balaban J connectivity index is 3.53. The van der Waals surface area contributed by atoms with Crippen molar-refractivity contribution in [2.75, 3.05) is 45.6 Å². The Kier molecular flexibility index (Phi) is 9.25. The number of hydrogen-bond donors (Lipinski definition) is 0. The highest BCUT2D eigenvalue weighted by Crippen LogP contribution is 1.96. The van der Waals surface area contributed by atoms with E-state index in [1.807, 2.05) is 0 Å². The van der Waals surface area contributed by atoms with Crippen LogP contribution in [-0.2, 0) is 0 Å². The van der Waals surface area contributed by atoms with Gasteiger partial charge in [-0.2, -0.15) is 0 Å². The Morgan fingerprint density at radius 3 is 2.15 bits per heavy atom. The fraction of sp³-hybridized carbons (Fsp3) is 1.00. The van der Waals surface area contributed by atoms with Crippen LogP contribution in [-0.4, -0.2) is 55.4 Å². The summed E-state index contributed by atoms with van der Waals surface area (Å²) in [6, 6.07) is 0. The van der Waals surface area contributed by atoms with Crippen LogP contribution >= 0.6 is 15.9 Å². The van der Waals surface area contributed by atoms with E-state index in [0.29, 0.717) is 0 Å². The van der Waals surface area contributed by atoms with E-state index in [1.165, 1.54) is 39.0 Å². The van der Waals surface area contributed by atoms with E-state index in [9.17, 15) is 0 Å². The van der Waals surface area contributed by atoms with Gasteiger partial charge in [0.1, 0.15) is 0 Å². The van der Waals surface area contributed by atoms with Gasteiger partial charge in [0.05, 0.1) is 0 Å². The molecule has 3 heteroatoms. The monoisotopic (exact) mass is 250 g/mol. The van der Waals surface area contributed by atoms with Gasteiger partial charge in [0, 0.05) is 18.4 Å². The van der Waals surface area contributed by atoms with Crippen molar-refractivity contribution < 1.29 is 0 Å². The van der Waals surface area contributed by atoms with E-state index in [2.05, 4.69) is 46.7 Å². The highest BCUT2D eigenvalue weighted by molar-refractivity contribution is 9.09. The molecule has 0 aliphatic carbocycles. The lowest BCUT2D eigenvalue weighted by Crippen LogP contribution is -2.33. The molecule has 0 amide bonds. The van der Waals surface area contributed by atoms with E-state index in [-0.39, 0.29) is 0 Å². The first-order valence-corrected chi connectivity index (χ1v) is 6.26. The maximum atomic E-state index is 3.47. The Morgan fingerprint density at radius 2 is 1.69 bits per heavy atom. The number of rotatable bonds is 8. The summed E-state index contributed by atoms with van der Waals surface area (Å²) in [4.78, 5) is 4.79. The van der Waals surface area contributed by atoms with Crippen molar-refractivity contribution in [3.63, 3.8) is 0 Å². The van der Waals surface area contributed by atoms with E-state index in [1.54, 1.807) is 0 Å². The number of halogens is 1. The Hall–Kier alpha value is 0.400. The second-order valence-corrected chi connectivity index (χ2v) is 4.48. The number of likely N-dealkylation sites (N-methyl/N-ethyl adjacent to an activating group) is 1. The van der Waals surface area contributed by atoms with Crippen LogP contribution in [0.3, 0.4) is 0 Å². The molecule has 0 aromatic carbocycles. The summed E-state index contributed by atoms with van der Waals surface area (Å²) in [6.45, 7) is 7.08. The SMILES string of the molecule is CCCN(CCCBr)CCN(C)C. The minimum absolute atomic E-state index is 1.12.